The number of pyridine rings is 1. The maximum absolute atomic E-state index is 16.6. The summed E-state index contributed by atoms with van der Waals surface area (Å²) in [5.74, 6) is 2.17. The Hall–Kier alpha value is -4.31. The van der Waals surface area contributed by atoms with E-state index in [1.165, 1.54) is 0 Å². The first-order valence-electron chi connectivity index (χ1n) is 15.1. The fourth-order valence-electron chi connectivity index (χ4n) is 6.52. The van der Waals surface area contributed by atoms with Crippen LogP contribution in [0.1, 0.15) is 32.5 Å². The van der Waals surface area contributed by atoms with E-state index in [9.17, 15) is 5.11 Å². The van der Waals surface area contributed by atoms with Gasteiger partial charge in [-0.1, -0.05) is 38.1 Å². The fourth-order valence-corrected chi connectivity index (χ4v) is 6.52. The zero-order valence-electron chi connectivity index (χ0n) is 24.5. The Labute approximate surface area is 249 Å². The molecule has 2 N–H and O–H groups in total. The van der Waals surface area contributed by atoms with Crippen LogP contribution in [0.5, 0.6) is 11.8 Å². The second-order valence-corrected chi connectivity index (χ2v) is 12.2. The van der Waals surface area contributed by atoms with E-state index >= 15 is 4.39 Å². The Morgan fingerprint density at radius 1 is 1.14 bits per heavy atom. The molecule has 5 aromatic rings. The van der Waals surface area contributed by atoms with Crippen molar-refractivity contribution < 1.29 is 14.2 Å². The van der Waals surface area contributed by atoms with Crippen LogP contribution in [-0.2, 0) is 13.0 Å². The molecule has 0 aliphatic carbocycles. The lowest BCUT2D eigenvalue weighted by molar-refractivity contribution is 0.292. The highest BCUT2D eigenvalue weighted by Crippen LogP contribution is 2.37. The topological polar surface area (TPSA) is 101 Å². The molecule has 2 fully saturated rings. The number of nitrogens with zero attached hydrogens (tertiary/aromatic N) is 6. The number of nitrogens with one attached hydrogen (secondary N) is 1. The third-order valence-electron chi connectivity index (χ3n) is 8.53. The number of halogens is 1. The van der Waals surface area contributed by atoms with Gasteiger partial charge in [-0.25, -0.2) is 9.37 Å². The largest absolute Gasteiger partial charge is 0.508 e. The number of phenols is 1. The molecule has 43 heavy (non-hydrogen) atoms. The summed E-state index contributed by atoms with van der Waals surface area (Å²) in [5.41, 5.74) is 0.787. The van der Waals surface area contributed by atoms with Crippen molar-refractivity contribution in [1.82, 2.24) is 29.8 Å². The zero-order chi connectivity index (χ0) is 29.5. The summed E-state index contributed by atoms with van der Waals surface area (Å²) < 4.78 is 24.8. The van der Waals surface area contributed by atoms with Gasteiger partial charge in [0.15, 0.2) is 5.82 Å². The van der Waals surface area contributed by atoms with Gasteiger partial charge in [0.05, 0.1) is 12.0 Å². The molecule has 2 aliphatic heterocycles. The minimum atomic E-state index is -0.566. The van der Waals surface area contributed by atoms with Crippen molar-refractivity contribution in [2.24, 2.45) is 11.8 Å². The van der Waals surface area contributed by atoms with E-state index in [0.717, 1.165) is 55.6 Å². The Morgan fingerprint density at radius 2 is 2.02 bits per heavy atom. The molecule has 9 nitrogen and oxygen atoms in total. The molecule has 5 heterocycles. The first kappa shape index (κ1) is 27.5. The molecule has 2 aliphatic rings. The average molecular weight is 582 g/mol. The van der Waals surface area contributed by atoms with E-state index in [-0.39, 0.29) is 23.0 Å². The molecule has 2 bridgehead atoms. The molecule has 2 unspecified atom stereocenters. The highest BCUT2D eigenvalue weighted by Gasteiger charge is 2.32. The first-order valence-corrected chi connectivity index (χ1v) is 15.1. The molecule has 3 aromatic heterocycles. The van der Waals surface area contributed by atoms with Crippen molar-refractivity contribution in [2.45, 2.75) is 45.7 Å². The third kappa shape index (κ3) is 5.47. The number of imidazole rings is 1. The molecular weight excluding hydrogens is 545 g/mol. The number of hydrogen-bond acceptors (Lipinski definition) is 8. The molecule has 7 rings (SSSR count). The second-order valence-electron chi connectivity index (χ2n) is 12.2. The van der Waals surface area contributed by atoms with Gasteiger partial charge in [-0.05, 0) is 54.1 Å². The van der Waals surface area contributed by atoms with Crippen LogP contribution in [0.2, 0.25) is 0 Å². The summed E-state index contributed by atoms with van der Waals surface area (Å²) in [4.78, 5) is 20.7. The number of hydrogen-bond donors (Lipinski definition) is 2. The van der Waals surface area contributed by atoms with Gasteiger partial charge in [0, 0.05) is 56.3 Å². The van der Waals surface area contributed by atoms with Gasteiger partial charge in [-0.2, -0.15) is 9.97 Å². The van der Waals surface area contributed by atoms with E-state index in [1.54, 1.807) is 24.5 Å². The van der Waals surface area contributed by atoms with Gasteiger partial charge in [-0.15, -0.1) is 0 Å². The fraction of sp³-hybridized carbons (Fsp3) is 0.394. The van der Waals surface area contributed by atoms with E-state index in [0.29, 0.717) is 47.7 Å². The number of rotatable bonds is 8. The highest BCUT2D eigenvalue weighted by molar-refractivity contribution is 5.99. The monoisotopic (exact) mass is 581 g/mol. The SMILES string of the molecule is CC(C)Cn1ccnc1CCOc1nc(N2CCC3CNC(C3)C2)c2cnc(-c3cc(O)cc4ccccc34)c(F)c2n1. The second kappa shape index (κ2) is 11.4. The van der Waals surface area contributed by atoms with Crippen LogP contribution < -0.4 is 15.0 Å². The van der Waals surface area contributed by atoms with Crippen LogP contribution in [0.4, 0.5) is 10.2 Å². The lowest BCUT2D eigenvalue weighted by atomic mass is 10.0. The molecule has 222 valence electrons. The maximum Gasteiger partial charge on any atom is 0.319 e. The predicted molar refractivity (Wildman–Crippen MR) is 165 cm³/mol. The van der Waals surface area contributed by atoms with Crippen molar-refractivity contribution >= 4 is 27.5 Å². The van der Waals surface area contributed by atoms with Crippen molar-refractivity contribution in [3.8, 4) is 23.0 Å². The summed E-state index contributed by atoms with van der Waals surface area (Å²) in [6.45, 7) is 8.17. The van der Waals surface area contributed by atoms with Gasteiger partial charge in [0.1, 0.15) is 28.6 Å². The molecule has 2 saturated heterocycles. The number of benzene rings is 2. The zero-order valence-corrected chi connectivity index (χ0v) is 24.5. The Bertz CT molecular complexity index is 1790. The summed E-state index contributed by atoms with van der Waals surface area (Å²) in [6, 6.07) is 11.3. The number of ether oxygens (including phenoxy) is 1. The molecule has 0 saturated carbocycles. The maximum atomic E-state index is 16.6. The van der Waals surface area contributed by atoms with Crippen LogP contribution in [0.25, 0.3) is 32.9 Å². The standard InChI is InChI=1S/C33H36FN7O2/c1-20(2)18-40-11-9-35-28(40)8-12-43-33-38-31-27(32(39-33)41-10-7-21-13-23(19-41)36-16-21)17-37-30(29(31)34)26-15-24(42)14-22-5-3-4-6-25(22)26/h3-6,9,11,14-15,17,20-21,23,36,42H,7-8,10,12-13,16,18-19H2,1-2H3. The Kier molecular flexibility index (Phi) is 7.30. The van der Waals surface area contributed by atoms with Gasteiger partial charge in [0.25, 0.3) is 0 Å². The minimum absolute atomic E-state index is 0.0466. The van der Waals surface area contributed by atoms with Crippen molar-refractivity contribution in [1.29, 1.82) is 0 Å². The van der Waals surface area contributed by atoms with Crippen LogP contribution in [0, 0.1) is 17.7 Å². The number of aromatic nitrogens is 5. The molecule has 0 radical (unpaired) electrons. The number of aromatic hydroxyl groups is 1. The summed E-state index contributed by atoms with van der Waals surface area (Å²) in [5, 5.41) is 16.2. The van der Waals surface area contributed by atoms with Crippen LogP contribution in [0.3, 0.4) is 0 Å². The minimum Gasteiger partial charge on any atom is -0.508 e. The lowest BCUT2D eigenvalue weighted by Gasteiger charge is -2.27. The van der Waals surface area contributed by atoms with Crippen molar-refractivity contribution in [3.05, 3.63) is 66.6 Å². The normalized spacial score (nSPS) is 18.6. The summed E-state index contributed by atoms with van der Waals surface area (Å²) >= 11 is 0. The Balaban J connectivity index is 1.28. The van der Waals surface area contributed by atoms with E-state index in [2.05, 4.69) is 43.6 Å². The molecule has 0 spiro atoms. The van der Waals surface area contributed by atoms with Gasteiger partial charge >= 0.3 is 6.01 Å². The van der Waals surface area contributed by atoms with E-state index in [4.69, 9.17) is 9.72 Å². The number of fused-ring (bicyclic) bond motifs is 4. The molecule has 0 amide bonds. The quantitative estimate of drug-likeness (QED) is 0.253. The van der Waals surface area contributed by atoms with Crippen LogP contribution in [-0.4, -0.2) is 61.9 Å². The summed E-state index contributed by atoms with van der Waals surface area (Å²) in [6.07, 6.45) is 8.19. The molecule has 2 atom stereocenters. The summed E-state index contributed by atoms with van der Waals surface area (Å²) in [7, 11) is 0. The molecule has 2 aromatic carbocycles. The predicted octanol–water partition coefficient (Wildman–Crippen LogP) is 5.35. The van der Waals surface area contributed by atoms with Gasteiger partial charge < -0.3 is 24.6 Å². The first-order chi connectivity index (χ1) is 20.9. The number of anilines is 1. The van der Waals surface area contributed by atoms with E-state index in [1.807, 2.05) is 30.5 Å². The smallest absolute Gasteiger partial charge is 0.319 e. The van der Waals surface area contributed by atoms with Crippen molar-refractivity contribution in [2.75, 3.05) is 31.1 Å². The lowest BCUT2D eigenvalue weighted by Crippen LogP contribution is -2.39. The van der Waals surface area contributed by atoms with Gasteiger partial charge in [0.2, 0.25) is 0 Å². The average Bonchev–Trinajstić information content (AvgIpc) is 3.57. The third-order valence-corrected chi connectivity index (χ3v) is 8.53. The number of phenolic OH excluding ortho intramolecular Hbond substituents is 1. The highest BCUT2D eigenvalue weighted by atomic mass is 19.1. The van der Waals surface area contributed by atoms with Crippen LogP contribution in [0.15, 0.2) is 55.0 Å². The van der Waals surface area contributed by atoms with Gasteiger partial charge in [-0.3, -0.25) is 4.98 Å². The molecule has 10 heteroatoms. The molecular formula is C33H36FN7O2. The van der Waals surface area contributed by atoms with Crippen molar-refractivity contribution in [3.63, 3.8) is 0 Å². The van der Waals surface area contributed by atoms with Crippen LogP contribution >= 0.6 is 0 Å². The Morgan fingerprint density at radius 3 is 2.91 bits per heavy atom. The van der Waals surface area contributed by atoms with E-state index < -0.39 is 5.82 Å².